The standard InChI is InChI=1S/C10H19NO4S/c1-3-8(2)15-10(12)11-6-9-4-5-16(13,14)7-9/h8-9H,3-7H2,1-2H3,(H,11,12)/t8-,9+/m1/s1. The summed E-state index contributed by atoms with van der Waals surface area (Å²) in [6.45, 7) is 4.13. The Morgan fingerprint density at radius 1 is 1.56 bits per heavy atom. The largest absolute Gasteiger partial charge is 0.447 e. The lowest BCUT2D eigenvalue weighted by Gasteiger charge is -2.13. The molecule has 0 radical (unpaired) electrons. The first-order chi connectivity index (χ1) is 7.43. The van der Waals surface area contributed by atoms with E-state index in [4.69, 9.17) is 4.74 Å². The number of rotatable bonds is 4. The second kappa shape index (κ2) is 5.52. The van der Waals surface area contributed by atoms with E-state index < -0.39 is 15.9 Å². The summed E-state index contributed by atoms with van der Waals surface area (Å²) in [4.78, 5) is 11.2. The van der Waals surface area contributed by atoms with Gasteiger partial charge in [0.2, 0.25) is 0 Å². The molecule has 94 valence electrons. The Morgan fingerprint density at radius 3 is 2.75 bits per heavy atom. The van der Waals surface area contributed by atoms with Gasteiger partial charge in [-0.3, -0.25) is 0 Å². The molecule has 16 heavy (non-hydrogen) atoms. The van der Waals surface area contributed by atoms with Gasteiger partial charge in [0.15, 0.2) is 9.84 Å². The summed E-state index contributed by atoms with van der Waals surface area (Å²) in [7, 11) is -2.86. The molecule has 0 aliphatic carbocycles. The number of hydrogen-bond donors (Lipinski definition) is 1. The van der Waals surface area contributed by atoms with Crippen LogP contribution in [0.15, 0.2) is 0 Å². The third-order valence-corrected chi connectivity index (χ3v) is 4.58. The minimum Gasteiger partial charge on any atom is -0.447 e. The number of amides is 1. The summed E-state index contributed by atoms with van der Waals surface area (Å²) in [5.41, 5.74) is 0. The van der Waals surface area contributed by atoms with Gasteiger partial charge >= 0.3 is 6.09 Å². The second-order valence-electron chi connectivity index (χ2n) is 4.27. The van der Waals surface area contributed by atoms with Gasteiger partial charge in [-0.1, -0.05) is 6.92 Å². The number of alkyl carbamates (subject to hydrolysis) is 1. The molecule has 1 rings (SSSR count). The average Bonchev–Trinajstić information content (AvgIpc) is 2.55. The molecule has 0 unspecified atom stereocenters. The number of ether oxygens (including phenoxy) is 1. The second-order valence-corrected chi connectivity index (χ2v) is 6.50. The molecule has 0 aromatic rings. The summed E-state index contributed by atoms with van der Waals surface area (Å²) in [5.74, 6) is 0.450. The fourth-order valence-electron chi connectivity index (χ4n) is 1.57. The molecule has 2 atom stereocenters. The molecular formula is C10H19NO4S. The highest BCUT2D eigenvalue weighted by Gasteiger charge is 2.28. The molecule has 0 bridgehead atoms. The maximum atomic E-state index is 11.2. The number of carbonyl (C=O) groups excluding carboxylic acids is 1. The van der Waals surface area contributed by atoms with Crippen molar-refractivity contribution in [3.63, 3.8) is 0 Å². The Kier molecular flexibility index (Phi) is 4.58. The van der Waals surface area contributed by atoms with Crippen molar-refractivity contribution in [2.45, 2.75) is 32.8 Å². The number of carbonyl (C=O) groups is 1. The molecule has 1 aliphatic heterocycles. The van der Waals surface area contributed by atoms with Crippen molar-refractivity contribution in [3.8, 4) is 0 Å². The number of hydrogen-bond acceptors (Lipinski definition) is 4. The van der Waals surface area contributed by atoms with Gasteiger partial charge in [-0.05, 0) is 25.7 Å². The maximum Gasteiger partial charge on any atom is 0.407 e. The van der Waals surface area contributed by atoms with Crippen LogP contribution in [0.1, 0.15) is 26.7 Å². The Balaban J connectivity index is 2.23. The lowest BCUT2D eigenvalue weighted by Crippen LogP contribution is -2.32. The summed E-state index contributed by atoms with van der Waals surface area (Å²) < 4.78 is 27.3. The summed E-state index contributed by atoms with van der Waals surface area (Å²) >= 11 is 0. The highest BCUT2D eigenvalue weighted by atomic mass is 32.2. The number of sulfone groups is 1. The Morgan fingerprint density at radius 2 is 2.25 bits per heavy atom. The third kappa shape index (κ3) is 4.38. The topological polar surface area (TPSA) is 72.5 Å². The van der Waals surface area contributed by atoms with E-state index in [-0.39, 0.29) is 23.5 Å². The minimum absolute atomic E-state index is 0.0366. The van der Waals surface area contributed by atoms with Crippen LogP contribution in [0.4, 0.5) is 4.79 Å². The zero-order chi connectivity index (χ0) is 12.2. The van der Waals surface area contributed by atoms with Crippen molar-refractivity contribution < 1.29 is 17.9 Å². The van der Waals surface area contributed by atoms with Crippen LogP contribution in [-0.4, -0.2) is 38.7 Å². The quantitative estimate of drug-likeness (QED) is 0.805. The predicted molar refractivity (Wildman–Crippen MR) is 61.0 cm³/mol. The van der Waals surface area contributed by atoms with Gasteiger partial charge < -0.3 is 10.1 Å². The van der Waals surface area contributed by atoms with Crippen LogP contribution >= 0.6 is 0 Å². The predicted octanol–water partition coefficient (Wildman–Crippen LogP) is 0.946. The van der Waals surface area contributed by atoms with E-state index in [2.05, 4.69) is 5.32 Å². The van der Waals surface area contributed by atoms with Crippen LogP contribution in [0.5, 0.6) is 0 Å². The van der Waals surface area contributed by atoms with Crippen molar-refractivity contribution in [1.29, 1.82) is 0 Å². The Hall–Kier alpha value is -0.780. The summed E-state index contributed by atoms with van der Waals surface area (Å²) in [6, 6.07) is 0. The van der Waals surface area contributed by atoms with E-state index in [1.165, 1.54) is 0 Å². The van der Waals surface area contributed by atoms with E-state index in [0.29, 0.717) is 13.0 Å². The van der Waals surface area contributed by atoms with Gasteiger partial charge in [-0.15, -0.1) is 0 Å². The SMILES string of the molecule is CC[C@@H](C)OC(=O)NC[C@@H]1CCS(=O)(=O)C1. The maximum absolute atomic E-state index is 11.2. The van der Waals surface area contributed by atoms with E-state index in [1.54, 1.807) is 0 Å². The highest BCUT2D eigenvalue weighted by Crippen LogP contribution is 2.17. The van der Waals surface area contributed by atoms with Crippen LogP contribution in [-0.2, 0) is 14.6 Å². The van der Waals surface area contributed by atoms with E-state index in [1.807, 2.05) is 13.8 Å². The van der Waals surface area contributed by atoms with Crippen LogP contribution in [0.25, 0.3) is 0 Å². The molecule has 1 saturated heterocycles. The van der Waals surface area contributed by atoms with Gasteiger partial charge in [-0.2, -0.15) is 0 Å². The zero-order valence-corrected chi connectivity index (χ0v) is 10.5. The first kappa shape index (κ1) is 13.3. The van der Waals surface area contributed by atoms with Crippen LogP contribution in [0, 0.1) is 5.92 Å². The molecule has 1 amide bonds. The molecule has 1 aliphatic rings. The van der Waals surface area contributed by atoms with Crippen molar-refractivity contribution in [3.05, 3.63) is 0 Å². The molecule has 6 heteroatoms. The third-order valence-electron chi connectivity index (χ3n) is 2.74. The first-order valence-electron chi connectivity index (χ1n) is 5.58. The van der Waals surface area contributed by atoms with Crippen molar-refractivity contribution in [2.24, 2.45) is 5.92 Å². The van der Waals surface area contributed by atoms with Crippen LogP contribution in [0.3, 0.4) is 0 Å². The first-order valence-corrected chi connectivity index (χ1v) is 7.40. The Labute approximate surface area is 96.5 Å². The van der Waals surface area contributed by atoms with Gasteiger partial charge in [0, 0.05) is 6.54 Å². The highest BCUT2D eigenvalue weighted by molar-refractivity contribution is 7.91. The van der Waals surface area contributed by atoms with Gasteiger partial charge in [-0.25, -0.2) is 13.2 Å². The smallest absolute Gasteiger partial charge is 0.407 e. The van der Waals surface area contributed by atoms with Crippen LogP contribution in [0.2, 0.25) is 0 Å². The number of nitrogens with one attached hydrogen (secondary N) is 1. The van der Waals surface area contributed by atoms with E-state index in [0.717, 1.165) is 6.42 Å². The molecule has 0 aromatic carbocycles. The van der Waals surface area contributed by atoms with Crippen LogP contribution < -0.4 is 5.32 Å². The van der Waals surface area contributed by atoms with E-state index >= 15 is 0 Å². The molecular weight excluding hydrogens is 230 g/mol. The molecule has 0 aromatic heterocycles. The molecule has 0 spiro atoms. The monoisotopic (exact) mass is 249 g/mol. The molecule has 1 fully saturated rings. The van der Waals surface area contributed by atoms with E-state index in [9.17, 15) is 13.2 Å². The van der Waals surface area contributed by atoms with Crippen molar-refractivity contribution >= 4 is 15.9 Å². The fraction of sp³-hybridized carbons (Fsp3) is 0.900. The lowest BCUT2D eigenvalue weighted by molar-refractivity contribution is 0.104. The van der Waals surface area contributed by atoms with Gasteiger partial charge in [0.1, 0.15) is 6.10 Å². The van der Waals surface area contributed by atoms with Gasteiger partial charge in [0.25, 0.3) is 0 Å². The molecule has 0 saturated carbocycles. The lowest BCUT2D eigenvalue weighted by atomic mass is 10.1. The zero-order valence-electron chi connectivity index (χ0n) is 9.73. The molecule has 5 nitrogen and oxygen atoms in total. The normalized spacial score (nSPS) is 25.0. The minimum atomic E-state index is -2.86. The molecule has 1 N–H and O–H groups in total. The van der Waals surface area contributed by atoms with Crippen molar-refractivity contribution in [2.75, 3.05) is 18.1 Å². The van der Waals surface area contributed by atoms with Gasteiger partial charge in [0.05, 0.1) is 11.5 Å². The summed E-state index contributed by atoms with van der Waals surface area (Å²) in [5, 5.41) is 2.60. The van der Waals surface area contributed by atoms with Crippen molar-refractivity contribution in [1.82, 2.24) is 5.32 Å². The summed E-state index contributed by atoms with van der Waals surface area (Å²) in [6.07, 6.45) is 0.836. The molecule has 1 heterocycles. The fourth-order valence-corrected chi connectivity index (χ4v) is 3.43. The average molecular weight is 249 g/mol. The Bertz CT molecular complexity index is 339.